The van der Waals surface area contributed by atoms with Crippen molar-refractivity contribution in [2.75, 3.05) is 0 Å². The molecule has 4 nitrogen and oxygen atoms in total. The van der Waals surface area contributed by atoms with Crippen LogP contribution in [0.4, 0.5) is 0 Å². The van der Waals surface area contributed by atoms with Gasteiger partial charge in [-0.05, 0) is 22.9 Å². The van der Waals surface area contributed by atoms with E-state index >= 15 is 0 Å². The Morgan fingerprint density at radius 2 is 2.50 bits per heavy atom. The van der Waals surface area contributed by atoms with Gasteiger partial charge >= 0.3 is 0 Å². The Bertz CT molecular complexity index is 378. The molecule has 1 aromatic rings. The molecule has 0 aromatic carbocycles. The molecule has 1 aromatic heterocycles. The zero-order chi connectivity index (χ0) is 10.6. The van der Waals surface area contributed by atoms with E-state index in [1.165, 1.54) is 0 Å². The third-order valence-corrected chi connectivity index (χ3v) is 2.73. The lowest BCUT2D eigenvalue weighted by Crippen LogP contribution is -2.02. The molecule has 0 aliphatic rings. The number of halogens is 1. The first-order valence-electron chi connectivity index (χ1n) is 4.27. The summed E-state index contributed by atoms with van der Waals surface area (Å²) in [4.78, 5) is 11.2. The maximum Gasteiger partial charge on any atom is 0.151 e. The average Bonchev–Trinajstić information content (AvgIpc) is 2.48. The van der Waals surface area contributed by atoms with E-state index in [0.29, 0.717) is 0 Å². The predicted molar refractivity (Wildman–Crippen MR) is 54.5 cm³/mol. The lowest BCUT2D eigenvalue weighted by Gasteiger charge is -1.98. The number of aryl methyl sites for hydroxylation is 1. The molecule has 0 saturated carbocycles. The molecule has 14 heavy (non-hydrogen) atoms. The molecule has 0 bridgehead atoms. The predicted octanol–water partition coefficient (Wildman–Crippen LogP) is 1.69. The fourth-order valence-corrected chi connectivity index (χ4v) is 1.70. The molecular formula is C9H10BrN3O. The fraction of sp³-hybridized carbons (Fsp3) is 0.444. The van der Waals surface area contributed by atoms with Crippen LogP contribution in [0, 0.1) is 11.3 Å². The van der Waals surface area contributed by atoms with Gasteiger partial charge in [-0.1, -0.05) is 0 Å². The quantitative estimate of drug-likeness (QED) is 0.823. The van der Waals surface area contributed by atoms with Crippen molar-refractivity contribution < 1.29 is 4.79 Å². The SMILES string of the molecule is CCn1ncc(CC(=O)CC#N)c1Br. The topological polar surface area (TPSA) is 58.7 Å². The maximum atomic E-state index is 11.2. The lowest BCUT2D eigenvalue weighted by molar-refractivity contribution is -0.117. The first-order chi connectivity index (χ1) is 6.69. The van der Waals surface area contributed by atoms with Crippen LogP contribution in [0.5, 0.6) is 0 Å². The van der Waals surface area contributed by atoms with Crippen molar-refractivity contribution in [1.82, 2.24) is 9.78 Å². The van der Waals surface area contributed by atoms with Crippen LogP contribution in [0.15, 0.2) is 10.8 Å². The van der Waals surface area contributed by atoms with E-state index < -0.39 is 0 Å². The number of hydrogen-bond donors (Lipinski definition) is 0. The van der Waals surface area contributed by atoms with Crippen LogP contribution < -0.4 is 0 Å². The highest BCUT2D eigenvalue weighted by atomic mass is 79.9. The monoisotopic (exact) mass is 255 g/mol. The zero-order valence-electron chi connectivity index (χ0n) is 7.83. The Balaban J connectivity index is 2.73. The average molecular weight is 256 g/mol. The largest absolute Gasteiger partial charge is 0.298 e. The van der Waals surface area contributed by atoms with Gasteiger partial charge in [-0.15, -0.1) is 0 Å². The summed E-state index contributed by atoms with van der Waals surface area (Å²) in [7, 11) is 0. The highest BCUT2D eigenvalue weighted by Crippen LogP contribution is 2.17. The van der Waals surface area contributed by atoms with Crippen molar-refractivity contribution in [2.45, 2.75) is 26.3 Å². The molecule has 0 unspecified atom stereocenters. The molecular weight excluding hydrogens is 246 g/mol. The van der Waals surface area contributed by atoms with Gasteiger partial charge < -0.3 is 0 Å². The maximum absolute atomic E-state index is 11.2. The minimum absolute atomic E-state index is 0.0380. The molecule has 5 heteroatoms. The molecule has 0 radical (unpaired) electrons. The second-order valence-electron chi connectivity index (χ2n) is 2.83. The Morgan fingerprint density at radius 3 is 3.00 bits per heavy atom. The summed E-state index contributed by atoms with van der Waals surface area (Å²) in [6.45, 7) is 2.73. The molecule has 0 amide bonds. The Labute approximate surface area is 90.6 Å². The second-order valence-corrected chi connectivity index (χ2v) is 3.58. The third kappa shape index (κ3) is 2.42. The zero-order valence-corrected chi connectivity index (χ0v) is 9.41. The van der Waals surface area contributed by atoms with Gasteiger partial charge in [0.2, 0.25) is 0 Å². The van der Waals surface area contributed by atoms with Gasteiger partial charge in [-0.3, -0.25) is 9.48 Å². The highest BCUT2D eigenvalue weighted by molar-refractivity contribution is 9.10. The number of nitrogens with zero attached hydrogens (tertiary/aromatic N) is 3. The summed E-state index contributed by atoms with van der Waals surface area (Å²) >= 11 is 3.36. The third-order valence-electron chi connectivity index (χ3n) is 1.81. The van der Waals surface area contributed by atoms with Gasteiger partial charge in [-0.2, -0.15) is 10.4 Å². The van der Waals surface area contributed by atoms with Crippen LogP contribution in [0.1, 0.15) is 18.9 Å². The minimum Gasteiger partial charge on any atom is -0.298 e. The van der Waals surface area contributed by atoms with Gasteiger partial charge in [-0.25, -0.2) is 0 Å². The van der Waals surface area contributed by atoms with E-state index in [4.69, 9.17) is 5.26 Å². The molecule has 74 valence electrons. The number of rotatable bonds is 4. The van der Waals surface area contributed by atoms with Crippen LogP contribution in [-0.4, -0.2) is 15.6 Å². The van der Waals surface area contributed by atoms with Gasteiger partial charge in [0.1, 0.15) is 4.60 Å². The smallest absolute Gasteiger partial charge is 0.151 e. The van der Waals surface area contributed by atoms with Gasteiger partial charge in [0.25, 0.3) is 0 Å². The normalized spacial score (nSPS) is 9.79. The summed E-state index contributed by atoms with van der Waals surface area (Å²) in [5.74, 6) is -0.0798. The van der Waals surface area contributed by atoms with Crippen LogP contribution in [0.2, 0.25) is 0 Å². The summed E-state index contributed by atoms with van der Waals surface area (Å²) in [5, 5.41) is 12.4. The summed E-state index contributed by atoms with van der Waals surface area (Å²) in [6, 6.07) is 1.84. The Hall–Kier alpha value is -1.15. The van der Waals surface area contributed by atoms with Crippen LogP contribution >= 0.6 is 15.9 Å². The van der Waals surface area contributed by atoms with Gasteiger partial charge in [0, 0.05) is 18.5 Å². The van der Waals surface area contributed by atoms with Crippen molar-refractivity contribution in [2.24, 2.45) is 0 Å². The number of carbonyl (C=O) groups is 1. The van der Waals surface area contributed by atoms with E-state index in [2.05, 4.69) is 21.0 Å². The second kappa shape index (κ2) is 4.91. The number of nitriles is 1. The van der Waals surface area contributed by atoms with E-state index in [9.17, 15) is 4.79 Å². The minimum atomic E-state index is -0.0798. The number of Topliss-reactive ketones (excluding diaryl/α,β-unsaturated/α-hetero) is 1. The van der Waals surface area contributed by atoms with Gasteiger partial charge in [0.05, 0.1) is 18.7 Å². The molecule has 0 N–H and O–H groups in total. The van der Waals surface area contributed by atoms with E-state index in [1.54, 1.807) is 10.9 Å². The summed E-state index contributed by atoms with van der Waals surface area (Å²) in [6.07, 6.45) is 1.89. The van der Waals surface area contributed by atoms with E-state index in [0.717, 1.165) is 16.7 Å². The fourth-order valence-electron chi connectivity index (χ4n) is 1.11. The Morgan fingerprint density at radius 1 is 1.79 bits per heavy atom. The molecule has 0 atom stereocenters. The number of aromatic nitrogens is 2. The molecule has 0 spiro atoms. The molecule has 0 aliphatic heterocycles. The molecule has 1 heterocycles. The molecule has 0 aliphatic carbocycles. The van der Waals surface area contributed by atoms with Crippen molar-refractivity contribution in [3.05, 3.63) is 16.4 Å². The molecule has 0 saturated heterocycles. The standard InChI is InChI=1S/C9H10BrN3O/c1-2-13-9(10)7(6-12-13)5-8(14)3-4-11/h6H,2-3,5H2,1H3. The van der Waals surface area contributed by atoms with Crippen molar-refractivity contribution in [3.8, 4) is 6.07 Å². The number of hydrogen-bond acceptors (Lipinski definition) is 3. The van der Waals surface area contributed by atoms with Crippen molar-refractivity contribution in [1.29, 1.82) is 5.26 Å². The first-order valence-corrected chi connectivity index (χ1v) is 5.07. The highest BCUT2D eigenvalue weighted by Gasteiger charge is 2.10. The van der Waals surface area contributed by atoms with Gasteiger partial charge in [0.15, 0.2) is 5.78 Å². The number of ketones is 1. The van der Waals surface area contributed by atoms with Crippen molar-refractivity contribution >= 4 is 21.7 Å². The van der Waals surface area contributed by atoms with Crippen LogP contribution in [-0.2, 0) is 17.8 Å². The van der Waals surface area contributed by atoms with Crippen LogP contribution in [0.25, 0.3) is 0 Å². The summed E-state index contributed by atoms with van der Waals surface area (Å²) in [5.41, 5.74) is 0.840. The van der Waals surface area contributed by atoms with E-state index in [-0.39, 0.29) is 18.6 Å². The first kappa shape index (κ1) is 10.9. The number of carbonyl (C=O) groups excluding carboxylic acids is 1. The molecule has 1 rings (SSSR count). The van der Waals surface area contributed by atoms with Crippen LogP contribution in [0.3, 0.4) is 0 Å². The summed E-state index contributed by atoms with van der Waals surface area (Å²) < 4.78 is 2.58. The van der Waals surface area contributed by atoms with Crippen molar-refractivity contribution in [3.63, 3.8) is 0 Å². The van der Waals surface area contributed by atoms with E-state index in [1.807, 2.05) is 13.0 Å². The molecule has 0 fully saturated rings. The Kier molecular flexibility index (Phi) is 3.84. The lowest BCUT2D eigenvalue weighted by atomic mass is 10.1.